The summed E-state index contributed by atoms with van der Waals surface area (Å²) in [4.78, 5) is 26.1. The molecule has 9 rings (SSSR count). The molecule has 0 aliphatic heterocycles. The van der Waals surface area contributed by atoms with Gasteiger partial charge in [0, 0.05) is 69.5 Å². The Labute approximate surface area is 293 Å². The van der Waals surface area contributed by atoms with Crippen LogP contribution in [-0.2, 0) is 16.8 Å². The molecule has 0 aliphatic carbocycles. The van der Waals surface area contributed by atoms with Crippen LogP contribution in [0.4, 0.5) is 0 Å². The van der Waals surface area contributed by atoms with Crippen LogP contribution in [0.5, 0.6) is 0 Å². The van der Waals surface area contributed by atoms with Gasteiger partial charge in [-0.2, -0.15) is 0 Å². The Morgan fingerprint density at radius 3 is 0.553 bits per heavy atom. The van der Waals surface area contributed by atoms with Crippen LogP contribution in [0, 0.1) is 0 Å². The van der Waals surface area contributed by atoms with E-state index in [4.69, 9.17) is 0 Å². The van der Waals surface area contributed by atoms with Crippen LogP contribution in [0.2, 0.25) is 0 Å². The molecular weight excluding hydrogens is 678 g/mol. The molecule has 6 aromatic heterocycles. The van der Waals surface area contributed by atoms with Crippen LogP contribution in [0.3, 0.4) is 0 Å². The van der Waals surface area contributed by atoms with Crippen LogP contribution in [-0.4, -0.2) is 40.9 Å². The molecule has 0 unspecified atom stereocenters. The fraction of sp³-hybridized carbons (Fsp3) is 0. The van der Waals surface area contributed by atoms with Crippen LogP contribution < -0.4 is 24.8 Å². The van der Waals surface area contributed by atoms with Crippen molar-refractivity contribution in [2.24, 2.45) is 0 Å². The van der Waals surface area contributed by atoms with E-state index in [-0.39, 0.29) is 52.5 Å². The third-order valence-corrected chi connectivity index (χ3v) is 7.03. The monoisotopic (exact) mass is 705 g/mol. The van der Waals surface area contributed by atoms with E-state index in [0.29, 0.717) is 0 Å². The minimum Gasteiger partial charge on any atom is -1.00 e. The van der Waals surface area contributed by atoms with Gasteiger partial charge in [0.15, 0.2) is 0 Å². The fourth-order valence-corrected chi connectivity index (χ4v) is 5.04. The summed E-state index contributed by atoms with van der Waals surface area (Å²) in [6.45, 7) is 0. The first-order valence-corrected chi connectivity index (χ1v) is 13.6. The summed E-state index contributed by atoms with van der Waals surface area (Å²) in [6.07, 6.45) is 10.8. The molecule has 47 heavy (non-hydrogen) atoms. The van der Waals surface area contributed by atoms with Crippen molar-refractivity contribution in [1.82, 2.24) is 29.9 Å². The molecule has 9 aromatic rings. The molecule has 6 heterocycles. The van der Waals surface area contributed by atoms with Crippen molar-refractivity contribution in [3.63, 3.8) is 0 Å². The average Bonchev–Trinajstić information content (AvgIpc) is 3.09. The van der Waals surface area contributed by atoms with Crippen molar-refractivity contribution in [3.05, 3.63) is 146 Å². The molecule has 0 saturated carbocycles. The molecule has 0 spiro atoms. The van der Waals surface area contributed by atoms with Gasteiger partial charge in [-0.3, -0.25) is 29.9 Å². The van der Waals surface area contributed by atoms with E-state index in [1.165, 1.54) is 0 Å². The van der Waals surface area contributed by atoms with Crippen molar-refractivity contribution in [3.8, 4) is 0 Å². The van der Waals surface area contributed by atoms with Gasteiger partial charge in [-0.1, -0.05) is 72.8 Å². The molecule has 0 atom stereocenters. The Morgan fingerprint density at radius 2 is 0.404 bits per heavy atom. The second-order valence-corrected chi connectivity index (χ2v) is 9.65. The summed E-state index contributed by atoms with van der Waals surface area (Å²) in [5, 5.41) is 6.83. The first-order valence-electron chi connectivity index (χ1n) is 13.6. The average molecular weight is 706 g/mol. The molecule has 3 aromatic carbocycles. The van der Waals surface area contributed by atoms with Gasteiger partial charge in [-0.05, 0) is 36.4 Å². The van der Waals surface area contributed by atoms with Crippen molar-refractivity contribution in [2.45, 2.75) is 0 Å². The number of pyridine rings is 6. The number of halogens is 2. The van der Waals surface area contributed by atoms with Crippen LogP contribution in [0.15, 0.2) is 146 Å². The Kier molecular flexibility index (Phi) is 14.4. The van der Waals surface area contributed by atoms with Crippen LogP contribution in [0.25, 0.3) is 65.4 Å². The Bertz CT molecular complexity index is 1940. The summed E-state index contributed by atoms with van der Waals surface area (Å²) in [5.74, 6) is 0. The van der Waals surface area contributed by atoms with Gasteiger partial charge in [-0.25, -0.2) is 0 Å². The van der Waals surface area contributed by atoms with E-state index < -0.39 is 0 Å². The van der Waals surface area contributed by atoms with Crippen molar-refractivity contribution in [1.29, 1.82) is 0 Å². The zero-order chi connectivity index (χ0) is 28.1. The predicted octanol–water partition coefficient (Wildman–Crippen LogP) is 0.705. The molecule has 0 saturated heterocycles. The smallest absolute Gasteiger partial charge is 1.00 e. The van der Waals surface area contributed by atoms with Crippen molar-refractivity contribution < 1.29 is 52.5 Å². The molecule has 0 aliphatic rings. The van der Waals surface area contributed by atoms with E-state index in [2.05, 4.69) is 103 Å². The van der Waals surface area contributed by atoms with Gasteiger partial charge in [0.2, 0.25) is 0 Å². The van der Waals surface area contributed by atoms with Gasteiger partial charge in [-0.15, -0.1) is 0 Å². The van der Waals surface area contributed by atoms with E-state index in [0.717, 1.165) is 65.4 Å². The second-order valence-electron chi connectivity index (χ2n) is 9.65. The summed E-state index contributed by atoms with van der Waals surface area (Å²) >= 11 is 0. The third kappa shape index (κ3) is 8.11. The van der Waals surface area contributed by atoms with Crippen LogP contribution >= 0.6 is 0 Å². The zero-order valence-corrected chi connectivity index (χ0v) is 27.2. The largest absolute Gasteiger partial charge is 2.00 e. The number of fused-ring (bicyclic) bond motifs is 9. The van der Waals surface area contributed by atoms with Gasteiger partial charge in [0.1, 0.15) is 0 Å². The Morgan fingerprint density at radius 1 is 0.255 bits per heavy atom. The van der Waals surface area contributed by atoms with Gasteiger partial charge < -0.3 is 35.8 Å². The molecule has 0 bridgehead atoms. The number of rotatable bonds is 0. The maximum absolute atomic E-state index is 4.35. The maximum Gasteiger partial charge on any atom is 2.00 e. The van der Waals surface area contributed by atoms with Gasteiger partial charge in [0.05, 0.1) is 33.1 Å². The van der Waals surface area contributed by atoms with Crippen molar-refractivity contribution in [2.75, 3.05) is 0 Å². The Balaban J connectivity index is 0.000000233. The fourth-order valence-electron chi connectivity index (χ4n) is 5.04. The summed E-state index contributed by atoms with van der Waals surface area (Å²) in [5.41, 5.74) is 5.86. The van der Waals surface area contributed by atoms with E-state index >= 15 is 0 Å². The quantitative estimate of drug-likeness (QED) is 0.213. The predicted molar refractivity (Wildman–Crippen MR) is 178 cm³/mol. The molecule has 11 heteroatoms. The number of nitrogens with zero attached hydrogens (tertiary/aromatic N) is 6. The summed E-state index contributed by atoms with van der Waals surface area (Å²) in [7, 11) is 0. The maximum atomic E-state index is 4.35. The van der Waals surface area contributed by atoms with E-state index in [1.807, 2.05) is 36.4 Å². The molecule has 4 N–H and O–H groups in total. The van der Waals surface area contributed by atoms with E-state index in [1.54, 1.807) is 37.2 Å². The second kappa shape index (κ2) is 17.7. The molecule has 0 fully saturated rings. The third-order valence-electron chi connectivity index (χ3n) is 7.03. The summed E-state index contributed by atoms with van der Waals surface area (Å²) < 4.78 is 0. The SMILES string of the molecule is O.O.[Cl-].[Cl-].[Co+2].c1cnc2c(c1)ccc1cccnc12.c1cnc2c(c1)ccc1cccnc12.c1cnc2c(c1)ccc1cccnc12. The minimum atomic E-state index is 0. The molecule has 0 amide bonds. The Hall–Kier alpha value is -4.87. The zero-order valence-electron chi connectivity index (χ0n) is 24.6. The topological polar surface area (TPSA) is 140 Å². The standard InChI is InChI=1S/3C12H8N2.2ClH.Co.2H2O/c3*1-3-9-5-6-10-4-2-8-14-12(10)11(9)13-7-1;;;;;/h3*1-8H;2*1H;;2*1H2/q;;;;;+2;;/p-2. The summed E-state index contributed by atoms with van der Waals surface area (Å²) in [6, 6.07) is 36.4. The number of aromatic nitrogens is 6. The van der Waals surface area contributed by atoms with Gasteiger partial charge in [0.25, 0.3) is 0 Å². The van der Waals surface area contributed by atoms with Crippen LogP contribution in [0.1, 0.15) is 0 Å². The molecule has 8 nitrogen and oxygen atoms in total. The van der Waals surface area contributed by atoms with Gasteiger partial charge >= 0.3 is 16.8 Å². The minimum absolute atomic E-state index is 0. The molecule has 237 valence electrons. The van der Waals surface area contributed by atoms with E-state index in [9.17, 15) is 0 Å². The molecule has 1 radical (unpaired) electrons. The number of hydrogen-bond donors (Lipinski definition) is 0. The molecular formula is C36H28Cl2CoN6O2. The number of benzene rings is 3. The number of hydrogen-bond acceptors (Lipinski definition) is 6. The normalized spacial score (nSPS) is 9.70. The first kappa shape index (κ1) is 38.3. The van der Waals surface area contributed by atoms with Crippen molar-refractivity contribution >= 4 is 65.4 Å². The first-order chi connectivity index (χ1) is 20.8.